The second kappa shape index (κ2) is 8.69. The predicted octanol–water partition coefficient (Wildman–Crippen LogP) is 3.21. The average Bonchev–Trinajstić information content (AvgIpc) is 2.58. The van der Waals surface area contributed by atoms with Crippen LogP contribution in [0.25, 0.3) is 0 Å². The van der Waals surface area contributed by atoms with Gasteiger partial charge in [-0.15, -0.1) is 0 Å². The summed E-state index contributed by atoms with van der Waals surface area (Å²) in [6.07, 6.45) is -1.18. The van der Waals surface area contributed by atoms with E-state index in [2.05, 4.69) is 5.32 Å². The quantitative estimate of drug-likeness (QED) is 0.734. The van der Waals surface area contributed by atoms with Gasteiger partial charge >= 0.3 is 5.97 Å². The van der Waals surface area contributed by atoms with Crippen LogP contribution in [0.2, 0.25) is 10.0 Å². The van der Waals surface area contributed by atoms with Crippen molar-refractivity contribution >= 4 is 46.7 Å². The zero-order chi connectivity index (χ0) is 19.3. The lowest BCUT2D eigenvalue weighted by Crippen LogP contribution is -2.30. The molecule has 0 aliphatic rings. The molecule has 26 heavy (non-hydrogen) atoms. The highest BCUT2D eigenvalue weighted by Crippen LogP contribution is 2.25. The predicted molar refractivity (Wildman–Crippen MR) is 99.3 cm³/mol. The second-order valence-corrected chi connectivity index (χ2v) is 6.25. The third-order valence-corrected chi connectivity index (χ3v) is 4.21. The van der Waals surface area contributed by atoms with Gasteiger partial charge in [-0.05, 0) is 43.3 Å². The lowest BCUT2D eigenvalue weighted by Gasteiger charge is -2.14. The van der Waals surface area contributed by atoms with E-state index in [1.54, 1.807) is 18.2 Å². The molecule has 8 heteroatoms. The number of carbonyl (C=O) groups is 3. The van der Waals surface area contributed by atoms with Gasteiger partial charge in [0, 0.05) is 26.9 Å². The third kappa shape index (κ3) is 5.21. The number of rotatable bonds is 6. The first-order chi connectivity index (χ1) is 12.3. The number of benzene rings is 2. The van der Waals surface area contributed by atoms with E-state index >= 15 is 0 Å². The Morgan fingerprint density at radius 3 is 2.19 bits per heavy atom. The largest absolute Gasteiger partial charge is 0.452 e. The number of esters is 1. The molecule has 0 fully saturated rings. The van der Waals surface area contributed by atoms with Crippen LogP contribution in [-0.4, -0.2) is 23.9 Å². The molecular formula is C18H16Cl2N2O4. The van der Waals surface area contributed by atoms with Crippen LogP contribution in [0.1, 0.15) is 22.8 Å². The van der Waals surface area contributed by atoms with Crippen molar-refractivity contribution in [1.29, 1.82) is 0 Å². The van der Waals surface area contributed by atoms with Crippen LogP contribution in [0.4, 0.5) is 5.69 Å². The van der Waals surface area contributed by atoms with Crippen molar-refractivity contribution in [3.8, 4) is 0 Å². The monoisotopic (exact) mass is 394 g/mol. The van der Waals surface area contributed by atoms with Crippen LogP contribution >= 0.6 is 23.2 Å². The maximum absolute atomic E-state index is 12.1. The minimum atomic E-state index is -1.03. The zero-order valence-corrected chi connectivity index (χ0v) is 15.3. The van der Waals surface area contributed by atoms with Crippen LogP contribution in [0, 0.1) is 0 Å². The van der Waals surface area contributed by atoms with Gasteiger partial charge in [0.25, 0.3) is 5.91 Å². The number of hydrogen-bond acceptors (Lipinski definition) is 4. The molecule has 0 saturated carbocycles. The van der Waals surface area contributed by atoms with E-state index in [0.717, 1.165) is 0 Å². The molecule has 0 radical (unpaired) electrons. The minimum Gasteiger partial charge on any atom is -0.452 e. The van der Waals surface area contributed by atoms with Gasteiger partial charge in [-0.1, -0.05) is 29.3 Å². The number of halogens is 2. The summed E-state index contributed by atoms with van der Waals surface area (Å²) in [5.41, 5.74) is 6.35. The van der Waals surface area contributed by atoms with Gasteiger partial charge < -0.3 is 15.8 Å². The van der Waals surface area contributed by atoms with Gasteiger partial charge in [-0.25, -0.2) is 0 Å². The van der Waals surface area contributed by atoms with Crippen molar-refractivity contribution in [2.24, 2.45) is 5.73 Å². The minimum absolute atomic E-state index is 0.149. The summed E-state index contributed by atoms with van der Waals surface area (Å²) < 4.78 is 5.12. The van der Waals surface area contributed by atoms with E-state index in [4.69, 9.17) is 33.7 Å². The van der Waals surface area contributed by atoms with Gasteiger partial charge in [0.1, 0.15) is 0 Å². The number of anilines is 1. The molecule has 0 heterocycles. The van der Waals surface area contributed by atoms with E-state index in [9.17, 15) is 14.4 Å². The molecule has 0 unspecified atom stereocenters. The molecule has 2 aromatic rings. The van der Waals surface area contributed by atoms with Crippen LogP contribution in [-0.2, 0) is 20.7 Å². The van der Waals surface area contributed by atoms with Gasteiger partial charge in [0.05, 0.1) is 6.42 Å². The SMILES string of the molecule is C[C@H](OC(=O)Cc1c(Cl)cccc1Cl)C(=O)Nc1ccc(C(N)=O)cc1. The summed E-state index contributed by atoms with van der Waals surface area (Å²) >= 11 is 12.0. The Kier molecular flexibility index (Phi) is 6.60. The fourth-order valence-corrected chi connectivity index (χ4v) is 2.63. The second-order valence-electron chi connectivity index (χ2n) is 5.44. The highest BCUT2D eigenvalue weighted by atomic mass is 35.5. The fourth-order valence-electron chi connectivity index (χ4n) is 2.10. The Morgan fingerprint density at radius 1 is 1.08 bits per heavy atom. The topological polar surface area (TPSA) is 98.5 Å². The van der Waals surface area contributed by atoms with Crippen LogP contribution in [0.3, 0.4) is 0 Å². The van der Waals surface area contributed by atoms with Crippen molar-refractivity contribution < 1.29 is 19.1 Å². The van der Waals surface area contributed by atoms with Crippen LogP contribution < -0.4 is 11.1 Å². The molecule has 0 saturated heterocycles. The standard InChI is InChI=1S/C18H16Cl2N2O4/c1-10(18(25)22-12-7-5-11(6-8-12)17(21)24)26-16(23)9-13-14(19)3-2-4-15(13)20/h2-8,10H,9H2,1H3,(H2,21,24)(H,22,25)/t10-/m0/s1. The first-order valence-electron chi connectivity index (χ1n) is 7.61. The van der Waals surface area contributed by atoms with Crippen LogP contribution in [0.5, 0.6) is 0 Å². The van der Waals surface area contributed by atoms with Crippen LogP contribution in [0.15, 0.2) is 42.5 Å². The normalized spacial score (nSPS) is 11.5. The molecule has 0 aromatic heterocycles. The molecule has 0 aliphatic carbocycles. The maximum atomic E-state index is 12.1. The first-order valence-corrected chi connectivity index (χ1v) is 8.36. The molecule has 2 amide bonds. The fraction of sp³-hybridized carbons (Fsp3) is 0.167. The number of nitrogens with two attached hydrogens (primary N) is 1. The summed E-state index contributed by atoms with van der Waals surface area (Å²) in [5, 5.41) is 3.28. The molecule has 3 N–H and O–H groups in total. The Labute approximate surface area is 160 Å². The highest BCUT2D eigenvalue weighted by molar-refractivity contribution is 6.36. The van der Waals surface area contributed by atoms with E-state index in [0.29, 0.717) is 26.9 Å². The number of nitrogens with one attached hydrogen (secondary N) is 1. The van der Waals surface area contributed by atoms with E-state index in [1.165, 1.54) is 31.2 Å². The van der Waals surface area contributed by atoms with E-state index < -0.39 is 23.9 Å². The van der Waals surface area contributed by atoms with Gasteiger partial charge in [0.2, 0.25) is 5.91 Å². The van der Waals surface area contributed by atoms with Crippen molar-refractivity contribution in [3.63, 3.8) is 0 Å². The van der Waals surface area contributed by atoms with E-state index in [1.807, 2.05) is 0 Å². The number of primary amides is 1. The average molecular weight is 395 g/mol. The molecule has 0 bridgehead atoms. The molecule has 0 spiro atoms. The third-order valence-electron chi connectivity index (χ3n) is 3.50. The number of ether oxygens (including phenoxy) is 1. The first kappa shape index (κ1) is 19.8. The Morgan fingerprint density at radius 2 is 1.65 bits per heavy atom. The van der Waals surface area contributed by atoms with Gasteiger partial charge in [-0.3, -0.25) is 14.4 Å². The van der Waals surface area contributed by atoms with Gasteiger partial charge in [-0.2, -0.15) is 0 Å². The smallest absolute Gasteiger partial charge is 0.311 e. The summed E-state index contributed by atoms with van der Waals surface area (Å²) in [4.78, 5) is 35.2. The molecular weight excluding hydrogens is 379 g/mol. The molecule has 136 valence electrons. The highest BCUT2D eigenvalue weighted by Gasteiger charge is 2.20. The molecule has 6 nitrogen and oxygen atoms in total. The van der Waals surface area contributed by atoms with Crippen molar-refractivity contribution in [1.82, 2.24) is 0 Å². The van der Waals surface area contributed by atoms with E-state index in [-0.39, 0.29) is 6.42 Å². The van der Waals surface area contributed by atoms with Crippen molar-refractivity contribution in [2.45, 2.75) is 19.4 Å². The lowest BCUT2D eigenvalue weighted by atomic mass is 10.1. The Hall–Kier alpha value is -2.57. The molecule has 2 aromatic carbocycles. The summed E-state index contributed by atoms with van der Waals surface area (Å²) in [6.45, 7) is 1.44. The van der Waals surface area contributed by atoms with Crippen molar-refractivity contribution in [2.75, 3.05) is 5.32 Å². The number of carbonyl (C=O) groups excluding carboxylic acids is 3. The lowest BCUT2D eigenvalue weighted by molar-refractivity contribution is -0.152. The summed E-state index contributed by atoms with van der Waals surface area (Å²) in [6, 6.07) is 10.9. The maximum Gasteiger partial charge on any atom is 0.311 e. The summed E-state index contributed by atoms with van der Waals surface area (Å²) in [7, 11) is 0. The number of hydrogen-bond donors (Lipinski definition) is 2. The molecule has 2 rings (SSSR count). The number of amides is 2. The summed E-state index contributed by atoms with van der Waals surface area (Å²) in [5.74, 6) is -1.72. The molecule has 1 atom stereocenters. The Balaban J connectivity index is 1.93. The van der Waals surface area contributed by atoms with Crippen molar-refractivity contribution in [3.05, 3.63) is 63.6 Å². The zero-order valence-electron chi connectivity index (χ0n) is 13.8. The molecule has 0 aliphatic heterocycles. The Bertz CT molecular complexity index is 817. The van der Waals surface area contributed by atoms with Gasteiger partial charge in [0.15, 0.2) is 6.10 Å².